The summed E-state index contributed by atoms with van der Waals surface area (Å²) < 4.78 is 5.72. The summed E-state index contributed by atoms with van der Waals surface area (Å²) in [5, 5.41) is 9.99. The molecule has 0 radical (unpaired) electrons. The zero-order valence-electron chi connectivity index (χ0n) is 12.8. The van der Waals surface area contributed by atoms with E-state index in [1.54, 1.807) is 0 Å². The second-order valence-electron chi connectivity index (χ2n) is 5.19. The Morgan fingerprint density at radius 2 is 1.86 bits per heavy atom. The van der Waals surface area contributed by atoms with Gasteiger partial charge in [-0.25, -0.2) is 0 Å². The summed E-state index contributed by atoms with van der Waals surface area (Å²) in [5.74, 6) is 0.697. The van der Waals surface area contributed by atoms with E-state index < -0.39 is 0 Å². The third-order valence-electron chi connectivity index (χ3n) is 3.67. The van der Waals surface area contributed by atoms with E-state index in [-0.39, 0.29) is 5.92 Å². The van der Waals surface area contributed by atoms with Gasteiger partial charge < -0.3 is 4.74 Å². The quantitative estimate of drug-likeness (QED) is 0.644. The Balaban J connectivity index is 1.82. The third kappa shape index (κ3) is 4.51. The second-order valence-corrected chi connectivity index (χ2v) is 5.60. The number of benzene rings is 2. The van der Waals surface area contributed by atoms with Crippen LogP contribution < -0.4 is 4.74 Å². The van der Waals surface area contributed by atoms with Gasteiger partial charge in [0.1, 0.15) is 5.75 Å². The molecule has 0 spiro atoms. The zero-order chi connectivity index (χ0) is 15.8. The molecule has 2 aromatic rings. The Kier molecular flexibility index (Phi) is 6.30. The summed E-state index contributed by atoms with van der Waals surface area (Å²) in [7, 11) is 0. The first-order chi connectivity index (χ1) is 10.7. The van der Waals surface area contributed by atoms with Crippen molar-refractivity contribution in [2.45, 2.75) is 32.1 Å². The molecule has 0 saturated heterocycles. The van der Waals surface area contributed by atoms with Gasteiger partial charge in [-0.1, -0.05) is 48.9 Å². The number of hydrogen-bond donors (Lipinski definition) is 0. The second kappa shape index (κ2) is 8.46. The van der Waals surface area contributed by atoms with E-state index in [4.69, 9.17) is 16.3 Å². The van der Waals surface area contributed by atoms with Gasteiger partial charge in [0.2, 0.25) is 0 Å². The van der Waals surface area contributed by atoms with Crippen LogP contribution in [0.15, 0.2) is 48.5 Å². The topological polar surface area (TPSA) is 33.0 Å². The lowest BCUT2D eigenvalue weighted by molar-refractivity contribution is 0.305. The highest BCUT2D eigenvalue weighted by atomic mass is 35.5. The van der Waals surface area contributed by atoms with Gasteiger partial charge in [0.15, 0.2) is 0 Å². The predicted octanol–water partition coefficient (Wildman–Crippen LogP) is 5.37. The summed E-state index contributed by atoms with van der Waals surface area (Å²) in [6.07, 6.45) is 2.59. The highest BCUT2D eigenvalue weighted by Gasteiger charge is 2.13. The standard InChI is InChI=1S/C19H20ClNO/c1-2-15-9-11-17(12-10-15)22-13-5-6-16(14-21)18-7-3-4-8-19(18)20/h3-4,7-12,16H,2,5-6,13H2,1H3. The first kappa shape index (κ1) is 16.4. The van der Waals surface area contributed by atoms with Crippen molar-refractivity contribution in [1.82, 2.24) is 0 Å². The molecule has 0 aliphatic heterocycles. The minimum Gasteiger partial charge on any atom is -0.494 e. The SMILES string of the molecule is CCc1ccc(OCCCC(C#N)c2ccccc2Cl)cc1. The molecule has 0 aliphatic rings. The lowest BCUT2D eigenvalue weighted by Crippen LogP contribution is -2.02. The molecule has 3 heteroatoms. The summed E-state index contributed by atoms with van der Waals surface area (Å²) in [6.45, 7) is 2.74. The largest absolute Gasteiger partial charge is 0.494 e. The van der Waals surface area contributed by atoms with Crippen molar-refractivity contribution >= 4 is 11.6 Å². The van der Waals surface area contributed by atoms with Gasteiger partial charge in [-0.05, 0) is 48.6 Å². The lowest BCUT2D eigenvalue weighted by Gasteiger charge is -2.12. The van der Waals surface area contributed by atoms with E-state index >= 15 is 0 Å². The van der Waals surface area contributed by atoms with E-state index in [9.17, 15) is 5.26 Å². The number of nitriles is 1. The van der Waals surface area contributed by atoms with Crippen LogP contribution in [-0.2, 0) is 6.42 Å². The molecule has 0 heterocycles. The van der Waals surface area contributed by atoms with Crippen LogP contribution >= 0.6 is 11.6 Å². The first-order valence-electron chi connectivity index (χ1n) is 7.60. The fourth-order valence-corrected chi connectivity index (χ4v) is 2.61. The molecular weight excluding hydrogens is 294 g/mol. The molecule has 0 aliphatic carbocycles. The van der Waals surface area contributed by atoms with Crippen molar-refractivity contribution in [2.75, 3.05) is 6.61 Å². The van der Waals surface area contributed by atoms with E-state index in [2.05, 4.69) is 25.1 Å². The van der Waals surface area contributed by atoms with Crippen molar-refractivity contribution in [2.24, 2.45) is 0 Å². The maximum atomic E-state index is 9.33. The number of nitrogens with zero attached hydrogens (tertiary/aromatic N) is 1. The van der Waals surface area contributed by atoms with Crippen molar-refractivity contribution < 1.29 is 4.74 Å². The van der Waals surface area contributed by atoms with Crippen LogP contribution in [0.25, 0.3) is 0 Å². The Labute approximate surface area is 137 Å². The van der Waals surface area contributed by atoms with Crippen LogP contribution in [0.2, 0.25) is 5.02 Å². The summed E-state index contributed by atoms with van der Waals surface area (Å²) in [4.78, 5) is 0. The van der Waals surface area contributed by atoms with Crippen molar-refractivity contribution in [3.8, 4) is 11.8 Å². The molecule has 1 atom stereocenters. The molecule has 114 valence electrons. The van der Waals surface area contributed by atoms with Gasteiger partial charge in [0.25, 0.3) is 0 Å². The van der Waals surface area contributed by atoms with E-state index in [1.165, 1.54) is 5.56 Å². The summed E-state index contributed by atoms with van der Waals surface area (Å²) in [5.41, 5.74) is 2.20. The molecule has 2 rings (SSSR count). The van der Waals surface area contributed by atoms with Crippen LogP contribution in [0.1, 0.15) is 36.8 Å². The zero-order valence-corrected chi connectivity index (χ0v) is 13.5. The van der Waals surface area contributed by atoms with Gasteiger partial charge in [0.05, 0.1) is 18.6 Å². The lowest BCUT2D eigenvalue weighted by atomic mass is 9.96. The maximum absolute atomic E-state index is 9.33. The highest BCUT2D eigenvalue weighted by Crippen LogP contribution is 2.27. The number of ether oxygens (including phenoxy) is 1. The Morgan fingerprint density at radius 1 is 1.14 bits per heavy atom. The smallest absolute Gasteiger partial charge is 0.119 e. The predicted molar refractivity (Wildman–Crippen MR) is 90.4 cm³/mol. The first-order valence-corrected chi connectivity index (χ1v) is 7.98. The van der Waals surface area contributed by atoms with Gasteiger partial charge in [-0.3, -0.25) is 0 Å². The van der Waals surface area contributed by atoms with E-state index in [0.717, 1.165) is 30.6 Å². The Morgan fingerprint density at radius 3 is 2.50 bits per heavy atom. The van der Waals surface area contributed by atoms with Crippen LogP contribution in [0.4, 0.5) is 0 Å². The summed E-state index contributed by atoms with van der Waals surface area (Å²) in [6, 6.07) is 18.0. The molecule has 0 aromatic heterocycles. The molecule has 2 nitrogen and oxygen atoms in total. The maximum Gasteiger partial charge on any atom is 0.119 e. The number of hydrogen-bond acceptors (Lipinski definition) is 2. The minimum atomic E-state index is -0.181. The molecule has 1 unspecified atom stereocenters. The molecule has 0 N–H and O–H groups in total. The van der Waals surface area contributed by atoms with Gasteiger partial charge >= 0.3 is 0 Å². The molecule has 0 saturated carbocycles. The number of rotatable bonds is 7. The molecule has 22 heavy (non-hydrogen) atoms. The molecule has 0 amide bonds. The van der Waals surface area contributed by atoms with Gasteiger partial charge in [-0.15, -0.1) is 0 Å². The van der Waals surface area contributed by atoms with Crippen molar-refractivity contribution in [3.05, 3.63) is 64.7 Å². The highest BCUT2D eigenvalue weighted by molar-refractivity contribution is 6.31. The average molecular weight is 314 g/mol. The van der Waals surface area contributed by atoms with Crippen LogP contribution in [0, 0.1) is 11.3 Å². The van der Waals surface area contributed by atoms with E-state index in [1.807, 2.05) is 36.4 Å². The monoisotopic (exact) mass is 313 g/mol. The van der Waals surface area contributed by atoms with Crippen LogP contribution in [0.3, 0.4) is 0 Å². The molecule has 0 fully saturated rings. The van der Waals surface area contributed by atoms with Crippen molar-refractivity contribution in [3.63, 3.8) is 0 Å². The minimum absolute atomic E-state index is 0.181. The average Bonchev–Trinajstić information content (AvgIpc) is 2.56. The normalized spacial score (nSPS) is 11.7. The summed E-state index contributed by atoms with van der Waals surface area (Å²) >= 11 is 6.15. The molecular formula is C19H20ClNO. The Hall–Kier alpha value is -1.98. The van der Waals surface area contributed by atoms with E-state index in [0.29, 0.717) is 11.6 Å². The van der Waals surface area contributed by atoms with Gasteiger partial charge in [-0.2, -0.15) is 5.26 Å². The van der Waals surface area contributed by atoms with Gasteiger partial charge in [0, 0.05) is 5.02 Å². The number of halogens is 1. The van der Waals surface area contributed by atoms with Crippen molar-refractivity contribution in [1.29, 1.82) is 5.26 Å². The third-order valence-corrected chi connectivity index (χ3v) is 4.02. The Bertz CT molecular complexity index is 631. The fraction of sp³-hybridized carbons (Fsp3) is 0.316. The fourth-order valence-electron chi connectivity index (χ4n) is 2.35. The number of aryl methyl sites for hydroxylation is 1. The van der Waals surface area contributed by atoms with Crippen LogP contribution in [0.5, 0.6) is 5.75 Å². The molecule has 0 bridgehead atoms. The van der Waals surface area contributed by atoms with Crippen LogP contribution in [-0.4, -0.2) is 6.61 Å². The molecule has 2 aromatic carbocycles.